The average Bonchev–Trinajstić information content (AvgIpc) is 2.73. The first kappa shape index (κ1) is 9.93. The molecule has 0 spiro atoms. The van der Waals surface area contributed by atoms with Gasteiger partial charge in [0.05, 0.1) is 5.52 Å². The molecule has 2 heterocycles. The molecule has 1 aromatic carbocycles. The predicted molar refractivity (Wildman–Crippen MR) is 65.0 cm³/mol. The van der Waals surface area contributed by atoms with Crippen LogP contribution in [-0.2, 0) is 6.54 Å². The van der Waals surface area contributed by atoms with Crippen LogP contribution < -0.4 is 5.56 Å². The van der Waals surface area contributed by atoms with Crippen LogP contribution in [-0.4, -0.2) is 11.1 Å². The van der Waals surface area contributed by atoms with E-state index in [0.717, 1.165) is 16.5 Å². The van der Waals surface area contributed by atoms with Crippen molar-refractivity contribution in [1.29, 1.82) is 0 Å². The monoisotopic (exact) mass is 226 g/mol. The Labute approximate surface area is 96.9 Å². The molecule has 0 bridgehead atoms. The number of benzene rings is 1. The van der Waals surface area contributed by atoms with Crippen molar-refractivity contribution in [2.45, 2.75) is 12.5 Å². The summed E-state index contributed by atoms with van der Waals surface area (Å²) in [4.78, 5) is 14.6. The Hall–Kier alpha value is -2.26. The van der Waals surface area contributed by atoms with Gasteiger partial charge in [-0.3, -0.25) is 4.79 Å². The highest BCUT2D eigenvalue weighted by molar-refractivity contribution is 5.84. The maximum absolute atomic E-state index is 11.8. The Bertz CT molecular complexity index is 697. The van der Waals surface area contributed by atoms with Gasteiger partial charge in [0.25, 0.3) is 5.56 Å². The normalized spacial score (nSPS) is 17.1. The van der Waals surface area contributed by atoms with Crippen LogP contribution in [0.2, 0.25) is 0 Å². The number of nitrogens with zero attached hydrogens (tertiary/aromatic N) is 4. The summed E-state index contributed by atoms with van der Waals surface area (Å²) in [6, 6.07) is 9.39. The van der Waals surface area contributed by atoms with Gasteiger partial charge in [0.15, 0.2) is 0 Å². The van der Waals surface area contributed by atoms with Crippen molar-refractivity contribution in [2.75, 3.05) is 6.54 Å². The largest absolute Gasteiger partial charge is 0.307 e. The fourth-order valence-corrected chi connectivity index (χ4v) is 2.51. The van der Waals surface area contributed by atoms with Crippen LogP contribution in [0.1, 0.15) is 11.5 Å². The van der Waals surface area contributed by atoms with Gasteiger partial charge in [0.1, 0.15) is 0 Å². The number of hydrogen-bond donors (Lipinski definition) is 0. The Kier molecular flexibility index (Phi) is 2.13. The third-order valence-corrected chi connectivity index (χ3v) is 3.25. The lowest BCUT2D eigenvalue weighted by atomic mass is 10.0. The van der Waals surface area contributed by atoms with E-state index in [1.165, 1.54) is 0 Å². The molecule has 3 rings (SSSR count). The number of hydrogen-bond acceptors (Lipinski definition) is 2. The first-order valence-corrected chi connectivity index (χ1v) is 5.44. The number of para-hydroxylation sites is 1. The van der Waals surface area contributed by atoms with E-state index in [-0.39, 0.29) is 11.5 Å². The molecule has 0 saturated carbocycles. The summed E-state index contributed by atoms with van der Waals surface area (Å²) in [6.07, 6.45) is 0. The second kappa shape index (κ2) is 3.64. The van der Waals surface area contributed by atoms with Gasteiger partial charge >= 0.3 is 0 Å². The molecule has 1 aliphatic heterocycles. The van der Waals surface area contributed by atoms with E-state index < -0.39 is 0 Å². The summed E-state index contributed by atoms with van der Waals surface area (Å²) in [5.74, 6) is 0.115. The van der Waals surface area contributed by atoms with Gasteiger partial charge in [-0.15, -0.1) is 0 Å². The van der Waals surface area contributed by atoms with Crippen molar-refractivity contribution in [1.82, 2.24) is 4.57 Å². The minimum Gasteiger partial charge on any atom is -0.307 e. The Balaban J connectivity index is 2.25. The summed E-state index contributed by atoms with van der Waals surface area (Å²) in [5.41, 5.74) is 10.5. The Morgan fingerprint density at radius 3 is 3.12 bits per heavy atom. The molecule has 0 N–H and O–H groups in total. The lowest BCUT2D eigenvalue weighted by Gasteiger charge is -2.05. The quantitative estimate of drug-likeness (QED) is 0.440. The second-order valence-electron chi connectivity index (χ2n) is 4.18. The van der Waals surface area contributed by atoms with Gasteiger partial charge in [-0.25, -0.2) is 0 Å². The second-order valence-corrected chi connectivity index (χ2v) is 4.18. The van der Waals surface area contributed by atoms with Crippen LogP contribution in [0.4, 0.5) is 0 Å². The van der Waals surface area contributed by atoms with Gasteiger partial charge in [0.2, 0.25) is 0 Å². The van der Waals surface area contributed by atoms with Crippen LogP contribution in [0.3, 0.4) is 0 Å². The van der Waals surface area contributed by atoms with Gasteiger partial charge in [0, 0.05) is 30.0 Å². The Morgan fingerprint density at radius 1 is 1.41 bits per heavy atom. The van der Waals surface area contributed by atoms with Crippen molar-refractivity contribution in [3.63, 3.8) is 0 Å². The topological polar surface area (TPSA) is 70.8 Å². The van der Waals surface area contributed by atoms with Crippen molar-refractivity contribution in [2.24, 2.45) is 5.11 Å². The lowest BCUT2D eigenvalue weighted by Crippen LogP contribution is -2.17. The van der Waals surface area contributed by atoms with Crippen LogP contribution in [0.5, 0.6) is 0 Å². The Morgan fingerprint density at radius 2 is 2.29 bits per heavy atom. The van der Waals surface area contributed by atoms with Crippen LogP contribution in [0.15, 0.2) is 40.2 Å². The number of azide groups is 1. The first-order chi connectivity index (χ1) is 8.31. The van der Waals surface area contributed by atoms with Crippen molar-refractivity contribution in [3.05, 3.63) is 56.7 Å². The van der Waals surface area contributed by atoms with Gasteiger partial charge < -0.3 is 4.57 Å². The minimum atomic E-state index is 0.00777. The van der Waals surface area contributed by atoms with Crippen LogP contribution in [0, 0.1) is 0 Å². The molecule has 5 nitrogen and oxygen atoms in total. The zero-order valence-electron chi connectivity index (χ0n) is 9.08. The third kappa shape index (κ3) is 1.40. The molecule has 1 unspecified atom stereocenters. The van der Waals surface area contributed by atoms with Gasteiger partial charge in [-0.2, -0.15) is 0 Å². The summed E-state index contributed by atoms with van der Waals surface area (Å²) in [5, 5.41) is 4.68. The molecule has 0 saturated heterocycles. The minimum absolute atomic E-state index is 0.00777. The highest BCUT2D eigenvalue weighted by Crippen LogP contribution is 2.32. The van der Waals surface area contributed by atoms with Crippen molar-refractivity contribution in [3.8, 4) is 0 Å². The van der Waals surface area contributed by atoms with Crippen LogP contribution >= 0.6 is 0 Å². The van der Waals surface area contributed by atoms with Crippen molar-refractivity contribution < 1.29 is 0 Å². The molecular weight excluding hydrogens is 216 g/mol. The van der Waals surface area contributed by atoms with E-state index in [9.17, 15) is 4.79 Å². The van der Waals surface area contributed by atoms with Gasteiger partial charge in [-0.05, 0) is 22.5 Å². The maximum atomic E-state index is 11.8. The molecule has 0 aliphatic carbocycles. The standard InChI is InChI=1S/C12H10N4O/c13-15-14-6-9-7-16-11(17)5-4-8-2-1-3-10(9)12(8)16/h1-5,9H,6-7H2. The molecule has 5 heteroatoms. The molecule has 1 aliphatic rings. The number of rotatable bonds is 2. The van der Waals surface area contributed by atoms with Crippen molar-refractivity contribution >= 4 is 10.9 Å². The van der Waals surface area contributed by atoms with E-state index in [4.69, 9.17) is 5.53 Å². The molecule has 17 heavy (non-hydrogen) atoms. The van der Waals surface area contributed by atoms with Crippen LogP contribution in [0.25, 0.3) is 21.3 Å². The summed E-state index contributed by atoms with van der Waals surface area (Å²) in [6.45, 7) is 1.01. The zero-order valence-corrected chi connectivity index (χ0v) is 9.08. The first-order valence-electron chi connectivity index (χ1n) is 5.44. The molecule has 84 valence electrons. The summed E-state index contributed by atoms with van der Waals surface area (Å²) < 4.78 is 1.77. The highest BCUT2D eigenvalue weighted by Gasteiger charge is 2.23. The molecule has 0 amide bonds. The van der Waals surface area contributed by atoms with E-state index in [0.29, 0.717) is 13.1 Å². The zero-order chi connectivity index (χ0) is 11.8. The van der Waals surface area contributed by atoms with Gasteiger partial charge in [-0.1, -0.05) is 23.3 Å². The summed E-state index contributed by atoms with van der Waals surface area (Å²) >= 11 is 0. The van der Waals surface area contributed by atoms with E-state index in [1.54, 1.807) is 10.6 Å². The highest BCUT2D eigenvalue weighted by atomic mass is 16.1. The fraction of sp³-hybridized carbons (Fsp3) is 0.250. The fourth-order valence-electron chi connectivity index (χ4n) is 2.51. The molecule has 2 aromatic rings. The SMILES string of the molecule is [N-]=[N+]=NCC1Cn2c(=O)ccc3cccc1c32. The molecular formula is C12H10N4O. The molecule has 0 fully saturated rings. The smallest absolute Gasteiger partial charge is 0.251 e. The van der Waals surface area contributed by atoms with E-state index in [1.807, 2.05) is 24.3 Å². The molecule has 1 aromatic heterocycles. The molecule has 0 radical (unpaired) electrons. The molecule has 1 atom stereocenters. The number of pyridine rings is 1. The lowest BCUT2D eigenvalue weighted by molar-refractivity contribution is 0.607. The van der Waals surface area contributed by atoms with E-state index >= 15 is 0 Å². The van der Waals surface area contributed by atoms with E-state index in [2.05, 4.69) is 10.0 Å². The summed E-state index contributed by atoms with van der Waals surface area (Å²) in [7, 11) is 0. The number of aromatic nitrogens is 1. The predicted octanol–water partition coefficient (Wildman–Crippen LogP) is 2.41. The average molecular weight is 226 g/mol. The maximum Gasteiger partial charge on any atom is 0.251 e. The third-order valence-electron chi connectivity index (χ3n) is 3.25.